The summed E-state index contributed by atoms with van der Waals surface area (Å²) < 4.78 is 5.22. The van der Waals surface area contributed by atoms with Gasteiger partial charge in [-0.05, 0) is 18.3 Å². The maximum Gasteiger partial charge on any atom is 0.309 e. The summed E-state index contributed by atoms with van der Waals surface area (Å²) in [4.78, 5) is 22.8. The Labute approximate surface area is 103 Å². The van der Waals surface area contributed by atoms with Crippen molar-refractivity contribution < 1.29 is 14.3 Å². The van der Waals surface area contributed by atoms with Gasteiger partial charge < -0.3 is 10.1 Å². The first-order valence-electron chi connectivity index (χ1n) is 6.33. The van der Waals surface area contributed by atoms with Crippen LogP contribution in [0.5, 0.6) is 0 Å². The highest BCUT2D eigenvalue weighted by Gasteiger charge is 2.52. The number of ether oxygens (including phenoxy) is 1. The standard InChI is InChI=1S/C13H23NO3/c1-5-6-7-17-12(16)10-8-11(13(10,3)4)14-9(2)15/h10-11H,5-8H2,1-4H3,(H,14,15)/t10-,11-/m1/s1. The average Bonchev–Trinajstić information content (AvgIpc) is 2.23. The topological polar surface area (TPSA) is 55.4 Å². The van der Waals surface area contributed by atoms with E-state index in [1.54, 1.807) is 0 Å². The summed E-state index contributed by atoms with van der Waals surface area (Å²) in [5.74, 6) is -0.248. The predicted octanol–water partition coefficient (Wildman–Crippen LogP) is 1.88. The Bertz CT molecular complexity index is 299. The van der Waals surface area contributed by atoms with Crippen molar-refractivity contribution in [1.29, 1.82) is 0 Å². The van der Waals surface area contributed by atoms with E-state index >= 15 is 0 Å². The molecule has 0 bridgehead atoms. The minimum atomic E-state index is -0.199. The zero-order valence-corrected chi connectivity index (χ0v) is 11.2. The summed E-state index contributed by atoms with van der Waals surface area (Å²) in [5, 5.41) is 2.87. The van der Waals surface area contributed by atoms with Crippen molar-refractivity contribution in [2.45, 2.75) is 53.0 Å². The van der Waals surface area contributed by atoms with E-state index in [1.165, 1.54) is 6.92 Å². The molecule has 4 nitrogen and oxygen atoms in total. The Morgan fingerprint density at radius 3 is 2.53 bits per heavy atom. The fraction of sp³-hybridized carbons (Fsp3) is 0.846. The molecule has 1 N–H and O–H groups in total. The summed E-state index contributed by atoms with van der Waals surface area (Å²) in [7, 11) is 0. The molecule has 1 aliphatic rings. The fourth-order valence-electron chi connectivity index (χ4n) is 2.23. The van der Waals surface area contributed by atoms with Crippen molar-refractivity contribution in [3.8, 4) is 0 Å². The lowest BCUT2D eigenvalue weighted by Gasteiger charge is -2.50. The van der Waals surface area contributed by atoms with Crippen LogP contribution in [0.3, 0.4) is 0 Å². The predicted molar refractivity (Wildman–Crippen MR) is 65.4 cm³/mol. The molecule has 1 aliphatic carbocycles. The number of rotatable bonds is 5. The van der Waals surface area contributed by atoms with Gasteiger partial charge in [0.05, 0.1) is 12.5 Å². The Hall–Kier alpha value is -1.06. The lowest BCUT2D eigenvalue weighted by Crippen LogP contribution is -2.60. The van der Waals surface area contributed by atoms with E-state index in [1.807, 2.05) is 13.8 Å². The van der Waals surface area contributed by atoms with E-state index < -0.39 is 0 Å². The molecule has 0 saturated heterocycles. The minimum absolute atomic E-state index is 0.0409. The van der Waals surface area contributed by atoms with Crippen LogP contribution >= 0.6 is 0 Å². The van der Waals surface area contributed by atoms with Gasteiger partial charge >= 0.3 is 5.97 Å². The van der Waals surface area contributed by atoms with Crippen molar-refractivity contribution in [2.24, 2.45) is 11.3 Å². The van der Waals surface area contributed by atoms with E-state index in [2.05, 4.69) is 12.2 Å². The van der Waals surface area contributed by atoms with E-state index in [-0.39, 0.29) is 29.3 Å². The minimum Gasteiger partial charge on any atom is -0.465 e. The molecule has 2 atom stereocenters. The second-order valence-corrected chi connectivity index (χ2v) is 5.38. The number of carbonyl (C=O) groups excluding carboxylic acids is 2. The molecule has 1 rings (SSSR count). The fourth-order valence-corrected chi connectivity index (χ4v) is 2.23. The molecule has 0 heterocycles. The number of hydrogen-bond donors (Lipinski definition) is 1. The lowest BCUT2D eigenvalue weighted by molar-refractivity contribution is -0.163. The number of nitrogens with one attached hydrogen (secondary N) is 1. The van der Waals surface area contributed by atoms with Crippen molar-refractivity contribution in [3.05, 3.63) is 0 Å². The Morgan fingerprint density at radius 1 is 1.41 bits per heavy atom. The van der Waals surface area contributed by atoms with Gasteiger partial charge in [-0.25, -0.2) is 0 Å². The highest BCUT2D eigenvalue weighted by molar-refractivity contribution is 5.77. The summed E-state index contributed by atoms with van der Waals surface area (Å²) in [6, 6.07) is 0.0868. The van der Waals surface area contributed by atoms with Gasteiger partial charge in [-0.1, -0.05) is 27.2 Å². The SMILES string of the molecule is CCCCOC(=O)[C@H]1C[C@@H](NC(C)=O)C1(C)C. The van der Waals surface area contributed by atoms with Crippen LogP contribution in [0.4, 0.5) is 0 Å². The van der Waals surface area contributed by atoms with E-state index in [0.29, 0.717) is 13.0 Å². The van der Waals surface area contributed by atoms with E-state index in [4.69, 9.17) is 4.74 Å². The smallest absolute Gasteiger partial charge is 0.309 e. The van der Waals surface area contributed by atoms with Gasteiger partial charge in [0.25, 0.3) is 0 Å². The zero-order chi connectivity index (χ0) is 13.1. The van der Waals surface area contributed by atoms with Gasteiger partial charge in [-0.2, -0.15) is 0 Å². The normalized spacial score (nSPS) is 25.9. The van der Waals surface area contributed by atoms with Crippen molar-refractivity contribution in [3.63, 3.8) is 0 Å². The molecule has 17 heavy (non-hydrogen) atoms. The zero-order valence-electron chi connectivity index (χ0n) is 11.2. The van der Waals surface area contributed by atoms with Gasteiger partial charge in [0.1, 0.15) is 0 Å². The van der Waals surface area contributed by atoms with Crippen LogP contribution in [0.1, 0.15) is 47.0 Å². The van der Waals surface area contributed by atoms with Crippen LogP contribution in [0.25, 0.3) is 0 Å². The number of hydrogen-bond acceptors (Lipinski definition) is 3. The molecule has 1 amide bonds. The largest absolute Gasteiger partial charge is 0.465 e. The number of esters is 1. The van der Waals surface area contributed by atoms with Gasteiger partial charge in [0, 0.05) is 13.0 Å². The molecule has 1 fully saturated rings. The third-order valence-corrected chi connectivity index (χ3v) is 3.67. The summed E-state index contributed by atoms with van der Waals surface area (Å²) in [6.07, 6.45) is 2.63. The Kier molecular flexibility index (Phi) is 4.54. The Balaban J connectivity index is 2.42. The molecule has 0 unspecified atom stereocenters. The molecule has 98 valence electrons. The molecule has 1 saturated carbocycles. The van der Waals surface area contributed by atoms with Crippen molar-refractivity contribution >= 4 is 11.9 Å². The number of unbranched alkanes of at least 4 members (excludes halogenated alkanes) is 1. The van der Waals surface area contributed by atoms with Crippen molar-refractivity contribution in [2.75, 3.05) is 6.61 Å². The van der Waals surface area contributed by atoms with Crippen LogP contribution in [0, 0.1) is 11.3 Å². The molecular formula is C13H23NO3. The third kappa shape index (κ3) is 3.20. The number of carbonyl (C=O) groups is 2. The number of amides is 1. The van der Waals surface area contributed by atoms with Gasteiger partial charge in [0.15, 0.2) is 0 Å². The van der Waals surface area contributed by atoms with Crippen LogP contribution in [0.15, 0.2) is 0 Å². The molecule has 0 aromatic heterocycles. The van der Waals surface area contributed by atoms with Crippen LogP contribution < -0.4 is 5.32 Å². The van der Waals surface area contributed by atoms with Crippen molar-refractivity contribution in [1.82, 2.24) is 5.32 Å². The monoisotopic (exact) mass is 241 g/mol. The Morgan fingerprint density at radius 2 is 2.06 bits per heavy atom. The van der Waals surface area contributed by atoms with Gasteiger partial charge in [-0.15, -0.1) is 0 Å². The molecule has 4 heteroatoms. The highest BCUT2D eigenvalue weighted by Crippen LogP contribution is 2.46. The summed E-state index contributed by atoms with van der Waals surface area (Å²) in [6.45, 7) is 8.08. The third-order valence-electron chi connectivity index (χ3n) is 3.67. The summed E-state index contributed by atoms with van der Waals surface area (Å²) >= 11 is 0. The highest BCUT2D eigenvalue weighted by atomic mass is 16.5. The van der Waals surface area contributed by atoms with Crippen LogP contribution in [-0.2, 0) is 14.3 Å². The molecule has 0 aromatic carbocycles. The summed E-state index contributed by atoms with van der Waals surface area (Å²) in [5.41, 5.74) is -0.199. The molecule has 0 aromatic rings. The lowest BCUT2D eigenvalue weighted by atomic mass is 9.58. The van der Waals surface area contributed by atoms with Gasteiger partial charge in [-0.3, -0.25) is 9.59 Å². The first-order chi connectivity index (χ1) is 7.89. The molecule has 0 radical (unpaired) electrons. The first kappa shape index (κ1) is 14.0. The second kappa shape index (κ2) is 5.52. The molecule has 0 spiro atoms. The van der Waals surface area contributed by atoms with Crippen LogP contribution in [-0.4, -0.2) is 24.5 Å². The van der Waals surface area contributed by atoms with E-state index in [9.17, 15) is 9.59 Å². The maximum atomic E-state index is 11.8. The van der Waals surface area contributed by atoms with Crippen LogP contribution in [0.2, 0.25) is 0 Å². The quantitative estimate of drug-likeness (QED) is 0.590. The molecule has 0 aliphatic heterocycles. The van der Waals surface area contributed by atoms with Gasteiger partial charge in [0.2, 0.25) is 5.91 Å². The second-order valence-electron chi connectivity index (χ2n) is 5.38. The first-order valence-corrected chi connectivity index (χ1v) is 6.33. The average molecular weight is 241 g/mol. The maximum absolute atomic E-state index is 11.8. The van der Waals surface area contributed by atoms with E-state index in [0.717, 1.165) is 12.8 Å². The molecular weight excluding hydrogens is 218 g/mol.